The number of likely N-dealkylation sites (tertiary alicyclic amines) is 1. The molecular weight excluding hydrogens is 953 g/mol. The number of aromatic nitrogens is 3. The maximum atomic E-state index is 14.7. The van der Waals surface area contributed by atoms with Crippen molar-refractivity contribution in [2.24, 2.45) is 13.0 Å². The smallest absolute Gasteiger partial charge is 0.271 e. The minimum absolute atomic E-state index is 0.0114. The minimum atomic E-state index is -1.16. The van der Waals surface area contributed by atoms with Gasteiger partial charge in [-0.05, 0) is 82.8 Å². The molecule has 72 heavy (non-hydrogen) atoms. The van der Waals surface area contributed by atoms with Crippen molar-refractivity contribution >= 4 is 56.1 Å². The average Bonchev–Trinajstić information content (AvgIpc) is 4.11. The maximum absolute atomic E-state index is 14.7. The number of benzene rings is 1. The fourth-order valence-corrected chi connectivity index (χ4v) is 10.8. The van der Waals surface area contributed by atoms with Gasteiger partial charge < -0.3 is 53.8 Å². The zero-order chi connectivity index (χ0) is 50.9. The predicted octanol–water partition coefficient (Wildman–Crippen LogP) is 5.77. The van der Waals surface area contributed by atoms with Crippen LogP contribution in [0.15, 0.2) is 41.1 Å². The SMILES string of the molecule is CN[C@@H](C)C(=O)NC(C(=O)N1CCN(C(=O)c2c(C(=O)NCCOCCOCCOc3cc(C(C)N4CCC(Oc5ccnc6cc(C)sc56)CC4)on3)c3cc(F)c(F)cc3n2C)CC1)C1CCCCC1. The van der Waals surface area contributed by atoms with Crippen molar-refractivity contribution in [3.05, 3.63) is 70.1 Å². The fraction of sp³-hybridized carbons (Fsp3) is 0.569. The van der Waals surface area contributed by atoms with Crippen LogP contribution in [0.4, 0.5) is 8.78 Å². The molecule has 8 rings (SSSR count). The van der Waals surface area contributed by atoms with Crippen LogP contribution < -0.4 is 25.4 Å². The highest BCUT2D eigenvalue weighted by molar-refractivity contribution is 7.19. The predicted molar refractivity (Wildman–Crippen MR) is 266 cm³/mol. The molecule has 6 heterocycles. The molecule has 390 valence electrons. The Labute approximate surface area is 422 Å². The van der Waals surface area contributed by atoms with E-state index in [4.69, 9.17) is 23.5 Å². The molecule has 3 atom stereocenters. The highest BCUT2D eigenvalue weighted by Crippen LogP contribution is 2.35. The maximum Gasteiger partial charge on any atom is 0.271 e. The molecule has 4 amide bonds. The van der Waals surface area contributed by atoms with E-state index in [1.54, 1.807) is 42.5 Å². The van der Waals surface area contributed by atoms with Gasteiger partial charge >= 0.3 is 0 Å². The molecule has 4 aromatic heterocycles. The van der Waals surface area contributed by atoms with Crippen LogP contribution in [-0.2, 0) is 26.1 Å². The van der Waals surface area contributed by atoms with Crippen LogP contribution in [0.25, 0.3) is 21.1 Å². The number of thiophene rings is 1. The molecular formula is C51H67F2N9O9S. The molecule has 3 N–H and O–H groups in total. The topological polar surface area (TPSA) is 195 Å². The zero-order valence-electron chi connectivity index (χ0n) is 41.8. The van der Waals surface area contributed by atoms with E-state index in [1.165, 1.54) is 21.4 Å². The fourth-order valence-electron chi connectivity index (χ4n) is 9.90. The van der Waals surface area contributed by atoms with Crippen molar-refractivity contribution in [1.29, 1.82) is 0 Å². The molecule has 2 aliphatic heterocycles. The molecule has 1 aliphatic carbocycles. The van der Waals surface area contributed by atoms with Crippen molar-refractivity contribution in [2.75, 3.05) is 85.9 Å². The highest BCUT2D eigenvalue weighted by atomic mass is 32.1. The summed E-state index contributed by atoms with van der Waals surface area (Å²) >= 11 is 1.70. The first-order valence-corrected chi connectivity index (χ1v) is 25.9. The quantitative estimate of drug-likeness (QED) is 0.0752. The van der Waals surface area contributed by atoms with E-state index in [1.807, 2.05) is 6.07 Å². The van der Waals surface area contributed by atoms with Crippen LogP contribution in [0.2, 0.25) is 0 Å². The monoisotopic (exact) mass is 1020 g/mol. The van der Waals surface area contributed by atoms with Gasteiger partial charge in [0.1, 0.15) is 30.2 Å². The summed E-state index contributed by atoms with van der Waals surface area (Å²) in [7, 11) is 3.22. The molecule has 1 aromatic carbocycles. The van der Waals surface area contributed by atoms with Crippen molar-refractivity contribution in [2.45, 2.75) is 89.9 Å². The van der Waals surface area contributed by atoms with Gasteiger partial charge in [0.25, 0.3) is 17.7 Å². The summed E-state index contributed by atoms with van der Waals surface area (Å²) < 4.78 is 60.9. The standard InChI is InChI=1S/C51H67F2N9O9S/c1-31-27-39-47(72-31)41(11-14-55-39)70-35-12-16-60(17-13-35)33(3)42-30-43(58-71-42)69-26-25-68-24-23-67-22-15-56-49(64)44-36-28-37(52)38(53)29-40(36)59(5)46(44)51(66)62-20-18-61(19-21-62)50(65)45(34-9-7-6-8-10-34)57-48(63)32(2)54-4/h11,14,27-30,32-35,45,54H,6-10,12-13,15-26H2,1-5H3,(H,56,64)(H,57,63)/t32-,33?,45?/m0/s1. The number of halogens is 2. The molecule has 3 fully saturated rings. The Bertz CT molecular complexity index is 2670. The van der Waals surface area contributed by atoms with Gasteiger partial charge in [0, 0.05) is 81.5 Å². The lowest BCUT2D eigenvalue weighted by Gasteiger charge is -2.39. The van der Waals surface area contributed by atoms with Gasteiger partial charge in [-0.1, -0.05) is 19.3 Å². The Morgan fingerprint density at radius 1 is 0.875 bits per heavy atom. The third-order valence-electron chi connectivity index (χ3n) is 14.2. The van der Waals surface area contributed by atoms with E-state index in [0.29, 0.717) is 11.6 Å². The number of carbonyl (C=O) groups excluding carboxylic acids is 4. The number of piperidine rings is 1. The first kappa shape index (κ1) is 52.6. The lowest BCUT2D eigenvalue weighted by atomic mass is 9.83. The van der Waals surface area contributed by atoms with E-state index >= 15 is 0 Å². The van der Waals surface area contributed by atoms with E-state index < -0.39 is 35.5 Å². The second-order valence-corrected chi connectivity index (χ2v) is 20.1. The summed E-state index contributed by atoms with van der Waals surface area (Å²) in [6.45, 7) is 9.52. The third kappa shape index (κ3) is 12.4. The summed E-state index contributed by atoms with van der Waals surface area (Å²) in [6.07, 6.45) is 8.45. The summed E-state index contributed by atoms with van der Waals surface area (Å²) in [6, 6.07) is 6.59. The van der Waals surface area contributed by atoms with E-state index in [0.717, 1.165) is 86.1 Å². The van der Waals surface area contributed by atoms with Crippen LogP contribution in [0.1, 0.15) is 96.3 Å². The molecule has 5 aromatic rings. The number of fused-ring (bicyclic) bond motifs is 2. The molecule has 0 bridgehead atoms. The number of rotatable bonds is 21. The zero-order valence-corrected chi connectivity index (χ0v) is 42.6. The highest BCUT2D eigenvalue weighted by Gasteiger charge is 2.38. The Balaban J connectivity index is 0.756. The summed E-state index contributed by atoms with van der Waals surface area (Å²) in [5.74, 6) is -1.88. The van der Waals surface area contributed by atoms with E-state index in [-0.39, 0.29) is 118 Å². The van der Waals surface area contributed by atoms with Gasteiger partial charge in [0.2, 0.25) is 11.8 Å². The van der Waals surface area contributed by atoms with Crippen molar-refractivity contribution in [3.8, 4) is 11.6 Å². The van der Waals surface area contributed by atoms with Crippen molar-refractivity contribution < 1.29 is 51.4 Å². The van der Waals surface area contributed by atoms with Crippen LogP contribution in [0.3, 0.4) is 0 Å². The van der Waals surface area contributed by atoms with Crippen LogP contribution in [0.5, 0.6) is 11.6 Å². The van der Waals surface area contributed by atoms with E-state index in [2.05, 4.69) is 50.9 Å². The number of likely N-dealkylation sites (N-methyl/N-ethyl adjacent to an activating group) is 1. The Kier molecular flexibility index (Phi) is 17.8. The van der Waals surface area contributed by atoms with Gasteiger partial charge in [0.05, 0.1) is 59.8 Å². The summed E-state index contributed by atoms with van der Waals surface area (Å²) in [5, 5.41) is 12.9. The number of aryl methyl sites for hydroxylation is 2. The molecule has 3 aliphatic rings. The third-order valence-corrected chi connectivity index (χ3v) is 15.2. The summed E-state index contributed by atoms with van der Waals surface area (Å²) in [5.41, 5.74) is 1.02. The Morgan fingerprint density at radius 2 is 1.57 bits per heavy atom. The molecule has 21 heteroatoms. The molecule has 0 radical (unpaired) electrons. The Hall–Kier alpha value is -5.74. The van der Waals surface area contributed by atoms with Crippen molar-refractivity contribution in [1.82, 2.24) is 45.4 Å². The molecule has 1 saturated carbocycles. The van der Waals surface area contributed by atoms with Crippen molar-refractivity contribution in [3.63, 3.8) is 0 Å². The molecule has 2 saturated heterocycles. The second kappa shape index (κ2) is 24.3. The average molecular weight is 1020 g/mol. The van der Waals surface area contributed by atoms with Gasteiger partial charge in [-0.25, -0.2) is 8.78 Å². The Morgan fingerprint density at radius 3 is 2.31 bits per heavy atom. The molecule has 18 nitrogen and oxygen atoms in total. The van der Waals surface area contributed by atoms with Crippen LogP contribution >= 0.6 is 11.3 Å². The minimum Gasteiger partial charge on any atom is -0.489 e. The number of pyridine rings is 1. The van der Waals surface area contributed by atoms with Gasteiger partial charge in [-0.15, -0.1) is 11.3 Å². The number of amides is 4. The van der Waals surface area contributed by atoms with Gasteiger partial charge in [-0.2, -0.15) is 0 Å². The van der Waals surface area contributed by atoms with E-state index in [9.17, 15) is 28.0 Å². The lowest BCUT2D eigenvalue weighted by Crippen LogP contribution is -2.59. The van der Waals surface area contributed by atoms with Gasteiger partial charge in [0.15, 0.2) is 17.4 Å². The number of hydrogen-bond acceptors (Lipinski definition) is 14. The van der Waals surface area contributed by atoms with Crippen LogP contribution in [-0.4, -0.2) is 157 Å². The first-order chi connectivity index (χ1) is 34.8. The van der Waals surface area contributed by atoms with Crippen LogP contribution in [0, 0.1) is 24.5 Å². The second-order valence-electron chi connectivity index (χ2n) is 18.9. The number of nitrogens with zero attached hydrogens (tertiary/aromatic N) is 6. The largest absolute Gasteiger partial charge is 0.489 e. The normalized spacial score (nSPS) is 17.5. The summed E-state index contributed by atoms with van der Waals surface area (Å²) in [4.78, 5) is 66.3. The lowest BCUT2D eigenvalue weighted by molar-refractivity contribution is -0.140. The van der Waals surface area contributed by atoms with Gasteiger partial charge in [-0.3, -0.25) is 29.1 Å². The molecule has 2 unspecified atom stereocenters. The number of piperazine rings is 1. The number of ether oxygens (including phenoxy) is 4. The number of nitrogens with one attached hydrogen (secondary N) is 3. The number of hydrogen-bond donors (Lipinski definition) is 3. The number of carbonyl (C=O) groups is 4. The molecule has 0 spiro atoms. The first-order valence-electron chi connectivity index (χ1n) is 25.1.